The lowest BCUT2D eigenvalue weighted by molar-refractivity contribution is 0.129. The van der Waals surface area contributed by atoms with Gasteiger partial charge in [-0.1, -0.05) is 0 Å². The van der Waals surface area contributed by atoms with Crippen LogP contribution in [-0.2, 0) is 6.54 Å². The first-order valence-corrected chi connectivity index (χ1v) is 9.07. The van der Waals surface area contributed by atoms with Crippen LogP contribution in [0.25, 0.3) is 5.69 Å². The Hall–Kier alpha value is -2.68. The Morgan fingerprint density at radius 1 is 1.15 bits per heavy atom. The van der Waals surface area contributed by atoms with Crippen LogP contribution in [-0.4, -0.2) is 74.9 Å². The fourth-order valence-electron chi connectivity index (χ4n) is 2.94. The minimum Gasteiger partial charge on any atom is -0.497 e. The zero-order chi connectivity index (χ0) is 19.4. The number of amides is 2. The topological polar surface area (TPSA) is 88.4 Å². The van der Waals surface area contributed by atoms with Crippen molar-refractivity contribution in [2.75, 3.05) is 33.3 Å². The lowest BCUT2D eigenvalue weighted by atomic mass is 10.1. The number of methoxy groups -OCH3 is 1. The third kappa shape index (κ3) is 4.94. The first kappa shape index (κ1) is 19.1. The molecule has 0 bridgehead atoms. The normalized spacial score (nSPS) is 15.6. The number of tetrazole rings is 1. The number of nitrogens with one attached hydrogen (secondary N) is 1. The number of carbonyl (C=O) groups excluding carboxylic acids is 1. The number of hydrogen-bond donors (Lipinski definition) is 1. The Bertz CT molecular complexity index is 759. The van der Waals surface area contributed by atoms with Crippen molar-refractivity contribution in [3.8, 4) is 11.4 Å². The molecule has 27 heavy (non-hydrogen) atoms. The highest BCUT2D eigenvalue weighted by Crippen LogP contribution is 2.16. The number of hydrogen-bond acceptors (Lipinski definition) is 6. The number of aromatic nitrogens is 4. The van der Waals surface area contributed by atoms with Crippen LogP contribution in [0.4, 0.5) is 4.79 Å². The summed E-state index contributed by atoms with van der Waals surface area (Å²) < 4.78 is 6.93. The Kier molecular flexibility index (Phi) is 5.59. The molecule has 2 amide bonds. The first-order chi connectivity index (χ1) is 12.9. The van der Waals surface area contributed by atoms with Crippen molar-refractivity contribution in [2.24, 2.45) is 0 Å². The van der Waals surface area contributed by atoms with E-state index in [4.69, 9.17) is 4.74 Å². The first-order valence-electron chi connectivity index (χ1n) is 9.07. The van der Waals surface area contributed by atoms with Gasteiger partial charge in [0.2, 0.25) is 0 Å². The maximum atomic E-state index is 12.3. The maximum absolute atomic E-state index is 12.3. The zero-order valence-electron chi connectivity index (χ0n) is 16.3. The van der Waals surface area contributed by atoms with Crippen molar-refractivity contribution < 1.29 is 9.53 Å². The van der Waals surface area contributed by atoms with Crippen LogP contribution < -0.4 is 10.1 Å². The molecule has 1 aliphatic rings. The second-order valence-corrected chi connectivity index (χ2v) is 7.65. The van der Waals surface area contributed by atoms with E-state index in [1.807, 2.05) is 49.9 Å². The fraction of sp³-hybridized carbons (Fsp3) is 0.556. The van der Waals surface area contributed by atoms with Crippen LogP contribution in [0.3, 0.4) is 0 Å². The predicted octanol–water partition coefficient (Wildman–Crippen LogP) is 1.30. The summed E-state index contributed by atoms with van der Waals surface area (Å²) in [6, 6.07) is 7.60. The van der Waals surface area contributed by atoms with E-state index in [2.05, 4.69) is 25.7 Å². The predicted molar refractivity (Wildman–Crippen MR) is 101 cm³/mol. The third-order valence-electron chi connectivity index (χ3n) is 4.36. The highest BCUT2D eigenvalue weighted by Gasteiger charge is 2.25. The molecule has 0 radical (unpaired) electrons. The average Bonchev–Trinajstić information content (AvgIpc) is 3.09. The van der Waals surface area contributed by atoms with Gasteiger partial charge in [0.15, 0.2) is 5.82 Å². The molecule has 9 heteroatoms. The zero-order valence-corrected chi connectivity index (χ0v) is 16.3. The van der Waals surface area contributed by atoms with E-state index in [0.29, 0.717) is 19.6 Å². The van der Waals surface area contributed by atoms with Crippen LogP contribution in [0.15, 0.2) is 24.3 Å². The van der Waals surface area contributed by atoms with E-state index in [1.54, 1.807) is 11.8 Å². The van der Waals surface area contributed by atoms with Gasteiger partial charge in [0.05, 0.1) is 19.3 Å². The van der Waals surface area contributed by atoms with Gasteiger partial charge in [-0.15, -0.1) is 5.10 Å². The molecule has 1 aliphatic heterocycles. The number of carbonyl (C=O) groups is 1. The minimum absolute atomic E-state index is 0.00906. The van der Waals surface area contributed by atoms with Crippen LogP contribution in [0.5, 0.6) is 5.75 Å². The number of urea groups is 1. The van der Waals surface area contributed by atoms with Gasteiger partial charge in [0, 0.05) is 31.7 Å². The lowest BCUT2D eigenvalue weighted by Gasteiger charge is -2.36. The van der Waals surface area contributed by atoms with Gasteiger partial charge in [0.25, 0.3) is 0 Å². The Balaban J connectivity index is 1.58. The van der Waals surface area contributed by atoms with Crippen molar-refractivity contribution in [3.05, 3.63) is 30.1 Å². The molecular weight excluding hydrogens is 346 g/mol. The van der Waals surface area contributed by atoms with Crippen LogP contribution in [0, 0.1) is 0 Å². The van der Waals surface area contributed by atoms with Crippen LogP contribution >= 0.6 is 0 Å². The smallest absolute Gasteiger partial charge is 0.317 e. The molecule has 0 saturated carbocycles. The SMILES string of the molecule is COc1ccc(-n2nnnc2CN2CCN(C(=O)NC(C)(C)C)CC2)cc1. The quantitative estimate of drug-likeness (QED) is 0.869. The van der Waals surface area contributed by atoms with Gasteiger partial charge < -0.3 is 15.0 Å². The van der Waals surface area contributed by atoms with Gasteiger partial charge in [0.1, 0.15) is 5.75 Å². The van der Waals surface area contributed by atoms with Gasteiger partial charge in [-0.05, 0) is 55.5 Å². The summed E-state index contributed by atoms with van der Waals surface area (Å²) in [5.41, 5.74) is 0.660. The molecule has 1 N–H and O–H groups in total. The monoisotopic (exact) mass is 373 g/mol. The van der Waals surface area contributed by atoms with E-state index in [9.17, 15) is 4.79 Å². The maximum Gasteiger partial charge on any atom is 0.317 e. The molecule has 146 valence electrons. The number of nitrogens with zero attached hydrogens (tertiary/aromatic N) is 6. The third-order valence-corrected chi connectivity index (χ3v) is 4.36. The molecule has 2 heterocycles. The Labute approximate surface area is 159 Å². The van der Waals surface area contributed by atoms with Crippen molar-refractivity contribution in [1.29, 1.82) is 0 Å². The van der Waals surface area contributed by atoms with Crippen molar-refractivity contribution in [1.82, 2.24) is 35.3 Å². The lowest BCUT2D eigenvalue weighted by Crippen LogP contribution is -2.54. The molecule has 1 fully saturated rings. The van der Waals surface area contributed by atoms with Gasteiger partial charge in [-0.25, -0.2) is 4.79 Å². The summed E-state index contributed by atoms with van der Waals surface area (Å²) in [5.74, 6) is 1.56. The molecule has 1 aromatic heterocycles. The molecule has 0 unspecified atom stereocenters. The van der Waals surface area contributed by atoms with Gasteiger partial charge >= 0.3 is 6.03 Å². The fourth-order valence-corrected chi connectivity index (χ4v) is 2.94. The van der Waals surface area contributed by atoms with Gasteiger partial charge in [-0.3, -0.25) is 4.90 Å². The van der Waals surface area contributed by atoms with Crippen molar-refractivity contribution in [2.45, 2.75) is 32.9 Å². The molecule has 0 atom stereocenters. The largest absolute Gasteiger partial charge is 0.497 e. The van der Waals surface area contributed by atoms with Crippen LogP contribution in [0.1, 0.15) is 26.6 Å². The number of rotatable bonds is 4. The molecule has 1 aromatic carbocycles. The molecule has 2 aromatic rings. The molecule has 0 aliphatic carbocycles. The average molecular weight is 373 g/mol. The number of benzene rings is 1. The van der Waals surface area contributed by atoms with E-state index in [1.165, 1.54) is 0 Å². The minimum atomic E-state index is -0.228. The molecule has 0 spiro atoms. The second kappa shape index (κ2) is 7.91. The second-order valence-electron chi connectivity index (χ2n) is 7.65. The molecule has 9 nitrogen and oxygen atoms in total. The summed E-state index contributed by atoms with van der Waals surface area (Å²) >= 11 is 0. The Morgan fingerprint density at radius 2 is 1.81 bits per heavy atom. The summed E-state index contributed by atoms with van der Waals surface area (Å²) in [7, 11) is 1.64. The summed E-state index contributed by atoms with van der Waals surface area (Å²) in [6.07, 6.45) is 0. The Morgan fingerprint density at radius 3 is 2.41 bits per heavy atom. The molecule has 1 saturated heterocycles. The highest BCUT2D eigenvalue weighted by molar-refractivity contribution is 5.75. The molecular formula is C18H27N7O2. The highest BCUT2D eigenvalue weighted by atomic mass is 16.5. The standard InChI is InChI=1S/C18H27N7O2/c1-18(2,3)19-17(26)24-11-9-23(10-12-24)13-16-20-21-22-25(16)14-5-7-15(27-4)8-6-14/h5-8H,9-13H2,1-4H3,(H,19,26). The van der Waals surface area contributed by atoms with Gasteiger partial charge in [-0.2, -0.15) is 4.68 Å². The van der Waals surface area contributed by atoms with E-state index in [0.717, 1.165) is 30.4 Å². The summed E-state index contributed by atoms with van der Waals surface area (Å²) in [6.45, 7) is 9.53. The van der Waals surface area contributed by atoms with E-state index in [-0.39, 0.29) is 11.6 Å². The molecule has 3 rings (SSSR count). The summed E-state index contributed by atoms with van der Waals surface area (Å²) in [4.78, 5) is 16.4. The van der Waals surface area contributed by atoms with E-state index >= 15 is 0 Å². The van der Waals surface area contributed by atoms with Crippen molar-refractivity contribution >= 4 is 6.03 Å². The summed E-state index contributed by atoms with van der Waals surface area (Å²) in [5, 5.41) is 15.1. The number of piperazine rings is 1. The van der Waals surface area contributed by atoms with Crippen LogP contribution in [0.2, 0.25) is 0 Å². The van der Waals surface area contributed by atoms with E-state index < -0.39 is 0 Å². The number of ether oxygens (including phenoxy) is 1. The van der Waals surface area contributed by atoms with Crippen molar-refractivity contribution in [3.63, 3.8) is 0 Å².